The van der Waals surface area contributed by atoms with Crippen molar-refractivity contribution in [2.24, 2.45) is 7.05 Å². The summed E-state index contributed by atoms with van der Waals surface area (Å²) in [5.74, 6) is 1.48. The summed E-state index contributed by atoms with van der Waals surface area (Å²) in [4.78, 5) is 4.65. The fourth-order valence-electron chi connectivity index (χ4n) is 5.92. The number of sulfonamides is 1. The van der Waals surface area contributed by atoms with Gasteiger partial charge in [0.25, 0.3) is 0 Å². The van der Waals surface area contributed by atoms with Gasteiger partial charge >= 0.3 is 0 Å². The van der Waals surface area contributed by atoms with Crippen LogP contribution in [0, 0.1) is 6.92 Å². The van der Waals surface area contributed by atoms with Crippen molar-refractivity contribution in [3.63, 3.8) is 0 Å². The van der Waals surface area contributed by atoms with Gasteiger partial charge in [-0.2, -0.15) is 9.40 Å². The van der Waals surface area contributed by atoms with Crippen LogP contribution in [-0.4, -0.2) is 47.2 Å². The largest absolute Gasteiger partial charge is 0.486 e. The molecule has 3 aliphatic rings. The molecular weight excluding hydrogens is 440 g/mol. The first-order valence-corrected chi connectivity index (χ1v) is 13.0. The molecule has 8 nitrogen and oxygen atoms in total. The summed E-state index contributed by atoms with van der Waals surface area (Å²) in [5.41, 5.74) is 3.49. The van der Waals surface area contributed by atoms with Crippen LogP contribution >= 0.6 is 0 Å². The van der Waals surface area contributed by atoms with E-state index in [-0.39, 0.29) is 16.4 Å². The van der Waals surface area contributed by atoms with Crippen LogP contribution in [0.2, 0.25) is 0 Å². The van der Waals surface area contributed by atoms with Gasteiger partial charge in [-0.25, -0.2) is 13.4 Å². The summed E-state index contributed by atoms with van der Waals surface area (Å²) in [7, 11) is -1.96. The SMILES string of the molecule is Cc1nn(C)c2ncc(S(=O)(=O)N3CC4(CCCC4)c4cc5c(cc4C3C)OCCO5)cc12. The van der Waals surface area contributed by atoms with Gasteiger partial charge in [0.1, 0.15) is 18.1 Å². The van der Waals surface area contributed by atoms with Crippen LogP contribution < -0.4 is 9.47 Å². The van der Waals surface area contributed by atoms with E-state index >= 15 is 0 Å². The van der Waals surface area contributed by atoms with Crippen LogP contribution in [0.4, 0.5) is 0 Å². The van der Waals surface area contributed by atoms with Crippen molar-refractivity contribution in [1.29, 1.82) is 0 Å². The highest BCUT2D eigenvalue weighted by Gasteiger charge is 2.48. The van der Waals surface area contributed by atoms with Gasteiger partial charge in [-0.1, -0.05) is 12.8 Å². The second-order valence-corrected chi connectivity index (χ2v) is 11.4. The van der Waals surface area contributed by atoms with Gasteiger partial charge in [-0.05, 0) is 56.0 Å². The first kappa shape index (κ1) is 20.9. The summed E-state index contributed by atoms with van der Waals surface area (Å²) in [6, 6.07) is 5.51. The van der Waals surface area contributed by atoms with Crippen LogP contribution in [0.25, 0.3) is 11.0 Å². The Morgan fingerprint density at radius 3 is 2.52 bits per heavy atom. The number of pyridine rings is 1. The Hall–Kier alpha value is -2.65. The van der Waals surface area contributed by atoms with E-state index in [0.717, 1.165) is 48.1 Å². The Bertz CT molecular complexity index is 1370. The molecule has 1 aromatic carbocycles. The van der Waals surface area contributed by atoms with E-state index in [1.54, 1.807) is 15.1 Å². The standard InChI is InChI=1S/C24H28N4O4S/c1-15-18-10-17(13-25-23(18)27(3)26-15)33(29,30)28-14-24(6-4-5-7-24)20-12-22-21(31-8-9-32-22)11-19(20)16(28)2/h10-13,16H,4-9,14H2,1-3H3. The molecule has 6 rings (SSSR count). The summed E-state index contributed by atoms with van der Waals surface area (Å²) < 4.78 is 43.1. The third kappa shape index (κ3) is 3.01. The molecule has 1 saturated carbocycles. The molecule has 1 fully saturated rings. The summed E-state index contributed by atoms with van der Waals surface area (Å²) in [5, 5.41) is 5.15. The summed E-state index contributed by atoms with van der Waals surface area (Å²) in [6.45, 7) is 5.35. The highest BCUT2D eigenvalue weighted by Crippen LogP contribution is 2.53. The Balaban J connectivity index is 1.49. The quantitative estimate of drug-likeness (QED) is 0.571. The van der Waals surface area contributed by atoms with Crippen LogP contribution in [0.3, 0.4) is 0 Å². The molecule has 1 unspecified atom stereocenters. The maximum atomic E-state index is 14.0. The monoisotopic (exact) mass is 468 g/mol. The van der Waals surface area contributed by atoms with Gasteiger partial charge in [0, 0.05) is 36.6 Å². The molecule has 0 bridgehead atoms. The van der Waals surface area contributed by atoms with Gasteiger partial charge in [0.15, 0.2) is 17.1 Å². The topological polar surface area (TPSA) is 86.5 Å². The molecule has 1 atom stereocenters. The third-order valence-electron chi connectivity index (χ3n) is 7.63. The molecule has 1 aliphatic carbocycles. The molecule has 0 radical (unpaired) electrons. The fourth-order valence-corrected chi connectivity index (χ4v) is 7.59. The van der Waals surface area contributed by atoms with Gasteiger partial charge in [0.2, 0.25) is 10.0 Å². The zero-order valence-electron chi connectivity index (χ0n) is 19.2. The van der Waals surface area contributed by atoms with Crippen molar-refractivity contribution in [2.45, 2.75) is 55.9 Å². The number of fused-ring (bicyclic) bond motifs is 4. The molecule has 0 N–H and O–H groups in total. The van der Waals surface area contributed by atoms with Gasteiger partial charge in [-0.3, -0.25) is 4.68 Å². The van der Waals surface area contributed by atoms with E-state index in [0.29, 0.717) is 31.2 Å². The number of rotatable bonds is 2. The number of hydrogen-bond donors (Lipinski definition) is 0. The number of aromatic nitrogens is 3. The van der Waals surface area contributed by atoms with Crippen molar-refractivity contribution in [3.8, 4) is 11.5 Å². The Kier molecular flexibility index (Phi) is 4.55. The maximum absolute atomic E-state index is 14.0. The second kappa shape index (κ2) is 7.17. The fraction of sp³-hybridized carbons (Fsp3) is 0.500. The average Bonchev–Trinajstić information content (AvgIpc) is 3.40. The lowest BCUT2D eigenvalue weighted by Crippen LogP contribution is -2.48. The number of benzene rings is 1. The molecule has 4 heterocycles. The average molecular weight is 469 g/mol. The van der Waals surface area contributed by atoms with Crippen molar-refractivity contribution >= 4 is 21.1 Å². The molecule has 3 aromatic rings. The normalized spacial score (nSPS) is 22.1. The molecule has 0 saturated heterocycles. The van der Waals surface area contributed by atoms with Crippen LogP contribution in [0.15, 0.2) is 29.3 Å². The minimum Gasteiger partial charge on any atom is -0.486 e. The van der Waals surface area contributed by atoms with E-state index in [9.17, 15) is 8.42 Å². The number of ether oxygens (including phenoxy) is 2. The Labute approximate surface area is 193 Å². The summed E-state index contributed by atoms with van der Waals surface area (Å²) in [6.07, 6.45) is 5.60. The Morgan fingerprint density at radius 1 is 1.09 bits per heavy atom. The van der Waals surface area contributed by atoms with Crippen molar-refractivity contribution in [3.05, 3.63) is 41.2 Å². The lowest BCUT2D eigenvalue weighted by Gasteiger charge is -2.45. The maximum Gasteiger partial charge on any atom is 0.245 e. The van der Waals surface area contributed by atoms with Crippen LogP contribution in [-0.2, 0) is 22.5 Å². The van der Waals surface area contributed by atoms with E-state index < -0.39 is 10.0 Å². The highest BCUT2D eigenvalue weighted by molar-refractivity contribution is 7.89. The zero-order valence-corrected chi connectivity index (χ0v) is 20.0. The van der Waals surface area contributed by atoms with Gasteiger partial charge in [0.05, 0.1) is 5.69 Å². The zero-order chi connectivity index (χ0) is 23.0. The molecule has 174 valence electrons. The minimum atomic E-state index is -3.78. The van der Waals surface area contributed by atoms with E-state index in [4.69, 9.17) is 9.47 Å². The summed E-state index contributed by atoms with van der Waals surface area (Å²) >= 11 is 0. The predicted molar refractivity (Wildman–Crippen MR) is 123 cm³/mol. The van der Waals surface area contributed by atoms with Gasteiger partial charge < -0.3 is 9.47 Å². The first-order valence-electron chi connectivity index (χ1n) is 11.6. The van der Waals surface area contributed by atoms with E-state index in [1.807, 2.05) is 27.0 Å². The number of hydrogen-bond acceptors (Lipinski definition) is 6. The van der Waals surface area contributed by atoms with E-state index in [1.165, 1.54) is 11.8 Å². The predicted octanol–water partition coefficient (Wildman–Crippen LogP) is 3.63. The minimum absolute atomic E-state index is 0.202. The van der Waals surface area contributed by atoms with Gasteiger partial charge in [-0.15, -0.1) is 0 Å². The number of aryl methyl sites for hydroxylation is 2. The first-order chi connectivity index (χ1) is 15.8. The molecule has 0 amide bonds. The molecule has 9 heteroatoms. The molecular formula is C24H28N4O4S. The molecule has 1 spiro atoms. The Morgan fingerprint density at radius 2 is 1.79 bits per heavy atom. The lowest BCUT2D eigenvalue weighted by atomic mass is 9.72. The number of nitrogens with zero attached hydrogens (tertiary/aromatic N) is 4. The highest BCUT2D eigenvalue weighted by atomic mass is 32.2. The third-order valence-corrected chi connectivity index (χ3v) is 9.51. The second-order valence-electron chi connectivity index (χ2n) is 9.55. The lowest BCUT2D eigenvalue weighted by molar-refractivity contribution is 0.168. The van der Waals surface area contributed by atoms with Crippen molar-refractivity contribution in [2.75, 3.05) is 19.8 Å². The van der Waals surface area contributed by atoms with Crippen LogP contribution in [0.5, 0.6) is 11.5 Å². The van der Waals surface area contributed by atoms with E-state index in [2.05, 4.69) is 16.1 Å². The van der Waals surface area contributed by atoms with Crippen molar-refractivity contribution in [1.82, 2.24) is 19.1 Å². The molecule has 2 aromatic heterocycles. The van der Waals surface area contributed by atoms with Crippen molar-refractivity contribution < 1.29 is 17.9 Å². The smallest absolute Gasteiger partial charge is 0.245 e. The molecule has 33 heavy (non-hydrogen) atoms. The van der Waals surface area contributed by atoms with Crippen LogP contribution in [0.1, 0.15) is 55.5 Å². The molecule has 2 aliphatic heterocycles.